The first-order valence-corrected chi connectivity index (χ1v) is 8.97. The minimum atomic E-state index is -4.46. The Balaban J connectivity index is 1.56. The van der Waals surface area contributed by atoms with Gasteiger partial charge in [-0.3, -0.25) is 4.79 Å². The molecule has 0 saturated heterocycles. The second-order valence-corrected chi connectivity index (χ2v) is 6.54. The second kappa shape index (κ2) is 7.51. The number of hydrogen-bond donors (Lipinski definition) is 1. The van der Waals surface area contributed by atoms with Gasteiger partial charge in [0, 0.05) is 12.3 Å². The van der Waals surface area contributed by atoms with Crippen molar-refractivity contribution >= 4 is 11.7 Å². The van der Waals surface area contributed by atoms with Gasteiger partial charge in [-0.05, 0) is 37.3 Å². The highest BCUT2D eigenvalue weighted by atomic mass is 19.4. The van der Waals surface area contributed by atoms with Crippen molar-refractivity contribution in [1.29, 1.82) is 0 Å². The van der Waals surface area contributed by atoms with Crippen molar-refractivity contribution in [3.63, 3.8) is 0 Å². The van der Waals surface area contributed by atoms with Gasteiger partial charge in [0.1, 0.15) is 0 Å². The monoisotopic (exact) mass is 411 g/mol. The van der Waals surface area contributed by atoms with Gasteiger partial charge in [-0.2, -0.15) is 23.4 Å². The molecule has 4 aromatic rings. The number of aromatic nitrogens is 4. The lowest BCUT2D eigenvalue weighted by Crippen LogP contribution is -2.14. The Morgan fingerprint density at radius 2 is 1.73 bits per heavy atom. The van der Waals surface area contributed by atoms with Crippen molar-refractivity contribution in [2.24, 2.45) is 0 Å². The van der Waals surface area contributed by atoms with E-state index < -0.39 is 17.6 Å². The predicted octanol–water partition coefficient (Wildman–Crippen LogP) is 4.64. The zero-order valence-corrected chi connectivity index (χ0v) is 15.8. The number of carbonyl (C=O) groups excluding carboxylic acids is 1. The summed E-state index contributed by atoms with van der Waals surface area (Å²) in [5, 5.41) is 11.1. The summed E-state index contributed by atoms with van der Waals surface area (Å²) in [6, 6.07) is 15.8. The Kier molecular flexibility index (Phi) is 4.86. The van der Waals surface area contributed by atoms with Crippen molar-refractivity contribution in [2.75, 3.05) is 5.32 Å². The summed E-state index contributed by atoms with van der Waals surface area (Å²) in [7, 11) is 0. The molecule has 0 fully saturated rings. The maximum atomic E-state index is 13.0. The minimum Gasteiger partial charge on any atom is -0.305 e. The van der Waals surface area contributed by atoms with E-state index in [1.54, 1.807) is 23.9 Å². The summed E-state index contributed by atoms with van der Waals surface area (Å²) >= 11 is 0. The van der Waals surface area contributed by atoms with Crippen LogP contribution in [0.4, 0.5) is 19.0 Å². The number of benzene rings is 2. The van der Waals surface area contributed by atoms with Crippen molar-refractivity contribution in [3.05, 3.63) is 89.9 Å². The average molecular weight is 411 g/mol. The van der Waals surface area contributed by atoms with Crippen LogP contribution in [0.25, 0.3) is 11.4 Å². The molecule has 0 spiro atoms. The molecular weight excluding hydrogens is 395 g/mol. The second-order valence-electron chi connectivity index (χ2n) is 6.54. The topological polar surface area (TPSA) is 64.7 Å². The summed E-state index contributed by atoms with van der Waals surface area (Å²) in [5.74, 6) is -0.112. The van der Waals surface area contributed by atoms with Gasteiger partial charge in [-0.25, -0.2) is 9.36 Å². The van der Waals surface area contributed by atoms with E-state index in [1.165, 1.54) is 23.0 Å². The van der Waals surface area contributed by atoms with E-state index in [0.717, 1.165) is 17.8 Å². The molecule has 0 aliphatic rings. The number of nitrogens with zero attached hydrogens (tertiary/aromatic N) is 4. The molecule has 1 N–H and O–H groups in total. The predicted molar refractivity (Wildman–Crippen MR) is 105 cm³/mol. The molecule has 0 aliphatic heterocycles. The third-order valence-corrected chi connectivity index (χ3v) is 4.52. The van der Waals surface area contributed by atoms with E-state index in [-0.39, 0.29) is 11.3 Å². The molecule has 2 heterocycles. The Bertz CT molecular complexity index is 1190. The molecule has 4 rings (SSSR count). The van der Waals surface area contributed by atoms with Gasteiger partial charge in [-0.15, -0.1) is 0 Å². The lowest BCUT2D eigenvalue weighted by atomic mass is 10.2. The SMILES string of the molecule is Cc1c(C(=O)Nc2ccn(-c3ccccc3)n2)cnn1-c1cccc(C(F)(F)F)c1. The normalized spacial score (nSPS) is 11.5. The van der Waals surface area contributed by atoms with E-state index >= 15 is 0 Å². The molecule has 0 saturated carbocycles. The average Bonchev–Trinajstić information content (AvgIpc) is 3.35. The summed E-state index contributed by atoms with van der Waals surface area (Å²) in [6.07, 6.45) is -1.43. The number of alkyl halides is 3. The van der Waals surface area contributed by atoms with Crippen LogP contribution in [0.3, 0.4) is 0 Å². The number of nitrogens with one attached hydrogen (secondary N) is 1. The van der Waals surface area contributed by atoms with Gasteiger partial charge in [0.25, 0.3) is 5.91 Å². The maximum absolute atomic E-state index is 13.0. The summed E-state index contributed by atoms with van der Waals surface area (Å²) < 4.78 is 41.9. The van der Waals surface area contributed by atoms with Gasteiger partial charge < -0.3 is 5.32 Å². The van der Waals surface area contributed by atoms with E-state index in [2.05, 4.69) is 15.5 Å². The van der Waals surface area contributed by atoms with Gasteiger partial charge in [0.05, 0.1) is 34.4 Å². The van der Waals surface area contributed by atoms with Crippen molar-refractivity contribution in [3.8, 4) is 11.4 Å². The Labute approximate surface area is 169 Å². The van der Waals surface area contributed by atoms with Gasteiger partial charge in [0.15, 0.2) is 5.82 Å². The molecule has 0 aliphatic carbocycles. The third-order valence-electron chi connectivity index (χ3n) is 4.52. The van der Waals surface area contributed by atoms with Crippen LogP contribution in [0.15, 0.2) is 73.1 Å². The number of halogens is 3. The first-order valence-electron chi connectivity index (χ1n) is 8.97. The standard InChI is InChI=1S/C21H16F3N5O/c1-14-18(13-25-29(14)17-9-5-6-15(12-17)21(22,23)24)20(30)26-19-10-11-28(27-19)16-7-3-2-4-8-16/h2-13H,1H3,(H,26,27,30). The fraction of sp³-hybridized carbons (Fsp3) is 0.0952. The third kappa shape index (κ3) is 3.82. The quantitative estimate of drug-likeness (QED) is 0.532. The number of para-hydroxylation sites is 1. The highest BCUT2D eigenvalue weighted by Crippen LogP contribution is 2.30. The fourth-order valence-electron chi connectivity index (χ4n) is 3.01. The summed E-state index contributed by atoms with van der Waals surface area (Å²) in [6.45, 7) is 1.62. The van der Waals surface area contributed by atoms with Crippen molar-refractivity contribution in [1.82, 2.24) is 19.6 Å². The first-order chi connectivity index (χ1) is 14.3. The number of carbonyl (C=O) groups is 1. The molecular formula is C21H16F3N5O. The summed E-state index contributed by atoms with van der Waals surface area (Å²) in [5.41, 5.74) is 0.921. The molecule has 0 bridgehead atoms. The van der Waals surface area contributed by atoms with Gasteiger partial charge >= 0.3 is 6.18 Å². The van der Waals surface area contributed by atoms with E-state index in [0.29, 0.717) is 11.5 Å². The van der Waals surface area contributed by atoms with Crippen molar-refractivity contribution < 1.29 is 18.0 Å². The smallest absolute Gasteiger partial charge is 0.305 e. The van der Waals surface area contributed by atoms with Crippen LogP contribution in [-0.4, -0.2) is 25.5 Å². The zero-order valence-electron chi connectivity index (χ0n) is 15.8. The largest absolute Gasteiger partial charge is 0.416 e. The lowest BCUT2D eigenvalue weighted by molar-refractivity contribution is -0.137. The lowest BCUT2D eigenvalue weighted by Gasteiger charge is -2.10. The van der Waals surface area contributed by atoms with Gasteiger partial charge in [-0.1, -0.05) is 24.3 Å². The molecule has 30 heavy (non-hydrogen) atoms. The van der Waals surface area contributed by atoms with Crippen LogP contribution < -0.4 is 5.32 Å². The van der Waals surface area contributed by atoms with E-state index in [9.17, 15) is 18.0 Å². The van der Waals surface area contributed by atoms with E-state index in [4.69, 9.17) is 0 Å². The van der Waals surface area contributed by atoms with Crippen LogP contribution in [0.2, 0.25) is 0 Å². The van der Waals surface area contributed by atoms with E-state index in [1.807, 2.05) is 30.3 Å². The maximum Gasteiger partial charge on any atom is 0.416 e. The molecule has 152 valence electrons. The Hall–Kier alpha value is -3.88. The van der Waals surface area contributed by atoms with Crippen LogP contribution in [0, 0.1) is 6.92 Å². The number of amides is 1. The zero-order chi connectivity index (χ0) is 21.3. The highest BCUT2D eigenvalue weighted by Gasteiger charge is 2.30. The van der Waals surface area contributed by atoms with Crippen LogP contribution >= 0.6 is 0 Å². The molecule has 1 amide bonds. The van der Waals surface area contributed by atoms with Gasteiger partial charge in [0.2, 0.25) is 0 Å². The van der Waals surface area contributed by atoms with Crippen LogP contribution in [0.1, 0.15) is 21.6 Å². The number of rotatable bonds is 4. The van der Waals surface area contributed by atoms with Crippen LogP contribution in [0.5, 0.6) is 0 Å². The molecule has 6 nitrogen and oxygen atoms in total. The molecule has 2 aromatic heterocycles. The highest BCUT2D eigenvalue weighted by molar-refractivity contribution is 6.04. The summed E-state index contributed by atoms with van der Waals surface area (Å²) in [4.78, 5) is 12.7. The fourth-order valence-corrected chi connectivity index (χ4v) is 3.01. The number of hydrogen-bond acceptors (Lipinski definition) is 3. The molecule has 2 aromatic carbocycles. The molecule has 0 unspecified atom stereocenters. The number of anilines is 1. The minimum absolute atomic E-state index is 0.217. The molecule has 9 heteroatoms. The Morgan fingerprint density at radius 1 is 1.00 bits per heavy atom. The molecule has 0 atom stereocenters. The first kappa shape index (κ1) is 19.4. The molecule has 0 radical (unpaired) electrons. The van der Waals surface area contributed by atoms with Crippen molar-refractivity contribution in [2.45, 2.75) is 13.1 Å². The Morgan fingerprint density at radius 3 is 2.47 bits per heavy atom. The van der Waals surface area contributed by atoms with Crippen LogP contribution in [-0.2, 0) is 6.18 Å².